The summed E-state index contributed by atoms with van der Waals surface area (Å²) in [6, 6.07) is 7.24. The third-order valence-corrected chi connectivity index (χ3v) is 6.45. The molecule has 2 aliphatic rings. The predicted molar refractivity (Wildman–Crippen MR) is 127 cm³/mol. The third kappa shape index (κ3) is 4.32. The van der Waals surface area contributed by atoms with Gasteiger partial charge in [-0.2, -0.15) is 0 Å². The molecule has 4 rings (SSSR count). The van der Waals surface area contributed by atoms with E-state index in [1.54, 1.807) is 18.2 Å². The van der Waals surface area contributed by atoms with Gasteiger partial charge in [-0.3, -0.25) is 9.59 Å². The van der Waals surface area contributed by atoms with E-state index in [0.29, 0.717) is 57.9 Å². The van der Waals surface area contributed by atoms with Crippen LogP contribution in [0, 0.1) is 5.92 Å². The van der Waals surface area contributed by atoms with Crippen molar-refractivity contribution >= 4 is 34.3 Å². The maximum atomic E-state index is 13.3. The van der Waals surface area contributed by atoms with Crippen LogP contribution >= 0.6 is 15.9 Å². The molecular weight excluding hydrogens is 508 g/mol. The minimum Gasteiger partial charge on any atom is -0.493 e. The summed E-state index contributed by atoms with van der Waals surface area (Å²) in [5.74, 6) is 0.538. The molecule has 0 bridgehead atoms. The smallest absolute Gasteiger partial charge is 0.314 e. The van der Waals surface area contributed by atoms with Crippen molar-refractivity contribution in [3.63, 3.8) is 0 Å². The average molecular weight is 533 g/mol. The molecular formula is C25H25BrO8. The number of benzene rings is 2. The normalized spacial score (nSPS) is 17.9. The fourth-order valence-corrected chi connectivity index (χ4v) is 4.59. The molecule has 1 aliphatic carbocycles. The second-order valence-corrected chi connectivity index (χ2v) is 8.51. The van der Waals surface area contributed by atoms with Gasteiger partial charge in [-0.15, -0.1) is 0 Å². The summed E-state index contributed by atoms with van der Waals surface area (Å²) >= 11 is 3.34. The molecule has 0 saturated heterocycles. The number of alkyl halides is 1. The predicted octanol–water partition coefficient (Wildman–Crippen LogP) is 4.11. The number of methoxy groups -OCH3 is 3. The standard InChI is InChI=1S/C25H25BrO8/c1-29-20-9-15(10-21(30-2)24(20)31-3)22-17-11-19-18(33-13-34-19)8-14(17)7-16(12-27)23(22)25(28)32-6-4-5-26/h7-12,22-23H,4-6,13H2,1-3H3/t22-,23-/m1/s1. The van der Waals surface area contributed by atoms with Crippen molar-refractivity contribution in [2.75, 3.05) is 40.1 Å². The van der Waals surface area contributed by atoms with Crippen LogP contribution in [0.25, 0.3) is 6.08 Å². The Hall–Kier alpha value is -3.20. The number of fused-ring (bicyclic) bond motifs is 2. The molecule has 0 aromatic heterocycles. The van der Waals surface area contributed by atoms with Gasteiger partial charge < -0.3 is 28.4 Å². The highest BCUT2D eigenvalue weighted by Gasteiger charge is 2.41. The Kier molecular flexibility index (Phi) is 7.31. The van der Waals surface area contributed by atoms with Gasteiger partial charge in [0.1, 0.15) is 6.29 Å². The quantitative estimate of drug-likeness (QED) is 0.206. The van der Waals surface area contributed by atoms with Gasteiger partial charge >= 0.3 is 5.97 Å². The maximum Gasteiger partial charge on any atom is 0.314 e. The van der Waals surface area contributed by atoms with Crippen LogP contribution in [0.2, 0.25) is 0 Å². The van der Waals surface area contributed by atoms with Crippen LogP contribution in [-0.2, 0) is 14.3 Å². The number of carbonyl (C=O) groups is 2. The molecule has 1 aliphatic heterocycles. The lowest BCUT2D eigenvalue weighted by Gasteiger charge is -2.32. The first-order valence-electron chi connectivity index (χ1n) is 10.7. The van der Waals surface area contributed by atoms with Gasteiger partial charge in [0.2, 0.25) is 12.5 Å². The number of aldehydes is 1. The van der Waals surface area contributed by atoms with E-state index in [2.05, 4.69) is 15.9 Å². The molecule has 2 aromatic rings. The van der Waals surface area contributed by atoms with Gasteiger partial charge in [-0.25, -0.2) is 0 Å². The van der Waals surface area contributed by atoms with Crippen LogP contribution < -0.4 is 23.7 Å². The van der Waals surface area contributed by atoms with Crippen molar-refractivity contribution in [1.82, 2.24) is 0 Å². The van der Waals surface area contributed by atoms with Crippen LogP contribution in [0.5, 0.6) is 28.7 Å². The van der Waals surface area contributed by atoms with Crippen LogP contribution in [0.1, 0.15) is 29.0 Å². The number of hydrogen-bond donors (Lipinski definition) is 0. The number of carbonyl (C=O) groups excluding carboxylic acids is 2. The summed E-state index contributed by atoms with van der Waals surface area (Å²) in [4.78, 5) is 25.5. The van der Waals surface area contributed by atoms with E-state index in [4.69, 9.17) is 28.4 Å². The number of halogens is 1. The minimum atomic E-state index is -0.872. The molecule has 34 heavy (non-hydrogen) atoms. The van der Waals surface area contributed by atoms with Crippen molar-refractivity contribution in [1.29, 1.82) is 0 Å². The lowest BCUT2D eigenvalue weighted by molar-refractivity contribution is -0.148. The zero-order valence-corrected chi connectivity index (χ0v) is 20.7. The molecule has 8 nitrogen and oxygen atoms in total. The number of esters is 1. The van der Waals surface area contributed by atoms with Gasteiger partial charge in [-0.05, 0) is 53.5 Å². The second kappa shape index (κ2) is 10.4. The van der Waals surface area contributed by atoms with E-state index in [-0.39, 0.29) is 13.4 Å². The number of rotatable bonds is 9. The van der Waals surface area contributed by atoms with Crippen molar-refractivity contribution in [2.45, 2.75) is 12.3 Å². The minimum absolute atomic E-state index is 0.106. The fourth-order valence-electron chi connectivity index (χ4n) is 4.36. The first-order chi connectivity index (χ1) is 16.6. The van der Waals surface area contributed by atoms with E-state index < -0.39 is 17.8 Å². The topological polar surface area (TPSA) is 89.5 Å². The lowest BCUT2D eigenvalue weighted by Crippen LogP contribution is -2.31. The summed E-state index contributed by atoms with van der Waals surface area (Å²) in [5, 5.41) is 0.698. The molecule has 0 saturated carbocycles. The first-order valence-corrected chi connectivity index (χ1v) is 11.8. The Morgan fingerprint density at radius 2 is 1.74 bits per heavy atom. The number of hydrogen-bond acceptors (Lipinski definition) is 8. The molecule has 0 radical (unpaired) electrons. The zero-order valence-electron chi connectivity index (χ0n) is 19.1. The summed E-state index contributed by atoms with van der Waals surface area (Å²) in [5.41, 5.74) is 2.57. The summed E-state index contributed by atoms with van der Waals surface area (Å²) in [6.07, 6.45) is 3.06. The molecule has 1 heterocycles. The highest BCUT2D eigenvalue weighted by molar-refractivity contribution is 9.09. The third-order valence-electron chi connectivity index (χ3n) is 5.89. The SMILES string of the molecule is COc1cc([C@@H]2c3cc4c(cc3C=C(C=O)[C@H]2C(=O)OCCCBr)OCO4)cc(OC)c1OC. The van der Waals surface area contributed by atoms with Crippen molar-refractivity contribution in [3.05, 3.63) is 46.5 Å². The summed E-state index contributed by atoms with van der Waals surface area (Å²) < 4.78 is 33.2. The Bertz CT molecular complexity index is 1100. The highest BCUT2D eigenvalue weighted by Crippen LogP contribution is 2.50. The van der Waals surface area contributed by atoms with Crippen LogP contribution in [0.4, 0.5) is 0 Å². The Morgan fingerprint density at radius 3 is 2.32 bits per heavy atom. The lowest BCUT2D eigenvalue weighted by atomic mass is 9.71. The second-order valence-electron chi connectivity index (χ2n) is 7.72. The largest absolute Gasteiger partial charge is 0.493 e. The maximum absolute atomic E-state index is 13.3. The highest BCUT2D eigenvalue weighted by atomic mass is 79.9. The first kappa shape index (κ1) is 23.9. The average Bonchev–Trinajstić information content (AvgIpc) is 3.32. The summed E-state index contributed by atoms with van der Waals surface area (Å²) in [6.45, 7) is 0.345. The van der Waals surface area contributed by atoms with E-state index in [1.807, 2.05) is 12.1 Å². The van der Waals surface area contributed by atoms with Crippen LogP contribution in [-0.4, -0.2) is 52.3 Å². The van der Waals surface area contributed by atoms with E-state index in [0.717, 1.165) is 11.1 Å². The van der Waals surface area contributed by atoms with Crippen molar-refractivity contribution in [3.8, 4) is 28.7 Å². The fraction of sp³-hybridized carbons (Fsp3) is 0.360. The molecule has 0 amide bonds. The van der Waals surface area contributed by atoms with Gasteiger partial charge in [0.05, 0.1) is 33.9 Å². The van der Waals surface area contributed by atoms with E-state index in [1.165, 1.54) is 21.3 Å². The molecule has 2 atom stereocenters. The van der Waals surface area contributed by atoms with Gasteiger partial charge in [0, 0.05) is 16.8 Å². The van der Waals surface area contributed by atoms with E-state index in [9.17, 15) is 9.59 Å². The van der Waals surface area contributed by atoms with Crippen molar-refractivity contribution in [2.24, 2.45) is 5.92 Å². The molecule has 0 unspecified atom stereocenters. The Balaban J connectivity index is 1.91. The monoisotopic (exact) mass is 532 g/mol. The van der Waals surface area contributed by atoms with E-state index >= 15 is 0 Å². The molecule has 180 valence electrons. The Morgan fingerprint density at radius 1 is 1.06 bits per heavy atom. The summed E-state index contributed by atoms with van der Waals surface area (Å²) in [7, 11) is 4.57. The number of ether oxygens (including phenoxy) is 6. The zero-order chi connectivity index (χ0) is 24.2. The van der Waals surface area contributed by atoms with Crippen LogP contribution in [0.3, 0.4) is 0 Å². The molecule has 0 fully saturated rings. The molecule has 2 aromatic carbocycles. The molecule has 9 heteroatoms. The molecule has 0 N–H and O–H groups in total. The Labute approximate surface area is 205 Å². The van der Waals surface area contributed by atoms with Crippen LogP contribution in [0.15, 0.2) is 29.8 Å². The van der Waals surface area contributed by atoms with Gasteiger partial charge in [-0.1, -0.05) is 15.9 Å². The van der Waals surface area contributed by atoms with Gasteiger partial charge in [0.15, 0.2) is 23.0 Å². The molecule has 0 spiro atoms. The van der Waals surface area contributed by atoms with Gasteiger partial charge in [0.25, 0.3) is 0 Å². The van der Waals surface area contributed by atoms with Crippen molar-refractivity contribution < 1.29 is 38.0 Å².